The third-order valence-electron chi connectivity index (χ3n) is 1.54. The van der Waals surface area contributed by atoms with Gasteiger partial charge in [0.1, 0.15) is 0 Å². The largest absolute Gasteiger partial charge is 0.436 e. The minimum absolute atomic E-state index is 0.549. The molecule has 1 aromatic heterocycles. The zero-order valence-corrected chi connectivity index (χ0v) is 8.73. The Bertz CT molecular complexity index is 499. The van der Waals surface area contributed by atoms with Gasteiger partial charge in [-0.1, -0.05) is 0 Å². The number of hydrogen-bond donors (Lipinski definition) is 2. The van der Waals surface area contributed by atoms with Gasteiger partial charge in [0, 0.05) is 0 Å². The van der Waals surface area contributed by atoms with Gasteiger partial charge in [-0.3, -0.25) is 10.3 Å². The third-order valence-corrected chi connectivity index (χ3v) is 2.46. The molecular formula is C6H6F2N2O6S. The summed E-state index contributed by atoms with van der Waals surface area (Å²) in [7, 11) is -5.80. The van der Waals surface area contributed by atoms with E-state index < -0.39 is 33.3 Å². The lowest BCUT2D eigenvalue weighted by atomic mass is 10.5. The molecule has 96 valence electrons. The maximum absolute atomic E-state index is 12.8. The van der Waals surface area contributed by atoms with Gasteiger partial charge in [-0.15, -0.1) is 0 Å². The first-order chi connectivity index (χ1) is 7.66. The van der Waals surface area contributed by atoms with Crippen LogP contribution in [0.3, 0.4) is 0 Å². The highest BCUT2D eigenvalue weighted by molar-refractivity contribution is 7.86. The molecule has 1 unspecified atom stereocenters. The molecule has 0 aliphatic carbocycles. The van der Waals surface area contributed by atoms with Crippen LogP contribution in [-0.4, -0.2) is 35.4 Å². The zero-order valence-electron chi connectivity index (χ0n) is 7.91. The molecule has 0 aromatic carbocycles. The predicted molar refractivity (Wildman–Crippen MR) is 46.4 cm³/mol. The van der Waals surface area contributed by atoms with Crippen LogP contribution in [0.5, 0.6) is 0 Å². The van der Waals surface area contributed by atoms with Crippen molar-refractivity contribution >= 4 is 16.1 Å². The number of carbonyl (C=O) groups is 1. The molecular weight excluding hydrogens is 266 g/mol. The molecule has 0 aliphatic heterocycles. The summed E-state index contributed by atoms with van der Waals surface area (Å²) in [6, 6.07) is 0. The van der Waals surface area contributed by atoms with E-state index in [1.807, 2.05) is 0 Å². The number of halogens is 2. The van der Waals surface area contributed by atoms with Gasteiger partial charge in [-0.2, -0.15) is 17.2 Å². The number of hydrogen-bond acceptors (Lipinski definition) is 7. The van der Waals surface area contributed by atoms with Crippen molar-refractivity contribution in [2.75, 3.05) is 0 Å². The van der Waals surface area contributed by atoms with E-state index in [-0.39, 0.29) is 0 Å². The van der Waals surface area contributed by atoms with E-state index in [0.29, 0.717) is 0 Å². The molecule has 0 spiro atoms. The number of oxazole rings is 1. The third kappa shape index (κ3) is 2.75. The molecule has 11 heteroatoms. The fourth-order valence-electron chi connectivity index (χ4n) is 0.705. The van der Waals surface area contributed by atoms with Crippen LogP contribution in [0.4, 0.5) is 8.78 Å². The van der Waals surface area contributed by atoms with Crippen LogP contribution in [0.15, 0.2) is 17.0 Å². The highest BCUT2D eigenvalue weighted by Crippen LogP contribution is 2.24. The number of aromatic nitrogens is 1. The second-order valence-electron chi connectivity index (χ2n) is 2.73. The van der Waals surface area contributed by atoms with E-state index in [1.165, 1.54) is 0 Å². The summed E-state index contributed by atoms with van der Waals surface area (Å²) in [4.78, 5) is 14.3. The van der Waals surface area contributed by atoms with E-state index in [9.17, 15) is 22.0 Å². The minimum Gasteiger partial charge on any atom is -0.436 e. The van der Waals surface area contributed by atoms with E-state index in [2.05, 4.69) is 19.9 Å². The van der Waals surface area contributed by atoms with E-state index in [1.54, 1.807) is 0 Å². The van der Waals surface area contributed by atoms with Crippen LogP contribution < -0.4 is 5.73 Å². The summed E-state index contributed by atoms with van der Waals surface area (Å²) in [6.07, 6.45) is -1.21. The number of carbonyl (C=O) groups excluding carboxylic acids is 1. The van der Waals surface area contributed by atoms with Crippen molar-refractivity contribution in [3.8, 4) is 0 Å². The topological polar surface area (TPSA) is 133 Å². The SMILES string of the molecule is NC(OC(=O)c1cnco1)C(F)(F)S(=O)(=O)O. The maximum atomic E-state index is 12.8. The Morgan fingerprint density at radius 3 is 2.65 bits per heavy atom. The Morgan fingerprint density at radius 2 is 2.24 bits per heavy atom. The Labute approximate surface area is 93.1 Å². The van der Waals surface area contributed by atoms with Crippen molar-refractivity contribution in [2.45, 2.75) is 11.5 Å². The van der Waals surface area contributed by atoms with Crippen molar-refractivity contribution in [2.24, 2.45) is 5.73 Å². The molecule has 0 radical (unpaired) electrons. The smallest absolute Gasteiger partial charge is 0.418 e. The fraction of sp³-hybridized carbons (Fsp3) is 0.333. The van der Waals surface area contributed by atoms with Crippen molar-refractivity contribution < 1.29 is 35.7 Å². The molecule has 0 saturated carbocycles. The van der Waals surface area contributed by atoms with Gasteiger partial charge in [-0.05, 0) is 0 Å². The summed E-state index contributed by atoms with van der Waals surface area (Å²) < 4.78 is 62.7. The highest BCUT2D eigenvalue weighted by Gasteiger charge is 2.53. The van der Waals surface area contributed by atoms with Crippen LogP contribution >= 0.6 is 0 Å². The summed E-state index contributed by atoms with van der Waals surface area (Å²) >= 11 is 0. The molecule has 0 saturated heterocycles. The van der Waals surface area contributed by atoms with Gasteiger partial charge in [0.25, 0.3) is 0 Å². The first-order valence-corrected chi connectivity index (χ1v) is 5.30. The molecule has 17 heavy (non-hydrogen) atoms. The molecule has 0 fully saturated rings. The molecule has 8 nitrogen and oxygen atoms in total. The second kappa shape index (κ2) is 4.35. The van der Waals surface area contributed by atoms with Crippen molar-refractivity contribution in [1.82, 2.24) is 4.98 Å². The Kier molecular flexibility index (Phi) is 3.45. The quantitative estimate of drug-likeness (QED) is 0.429. The van der Waals surface area contributed by atoms with Crippen LogP contribution in [0.1, 0.15) is 10.6 Å². The predicted octanol–water partition coefficient (Wildman–Crippen LogP) is -0.403. The summed E-state index contributed by atoms with van der Waals surface area (Å²) in [5, 5.41) is -4.83. The number of nitrogens with zero attached hydrogens (tertiary/aromatic N) is 1. The number of ether oxygens (including phenoxy) is 1. The normalized spacial score (nSPS) is 14.4. The van der Waals surface area contributed by atoms with Gasteiger partial charge in [-0.25, -0.2) is 9.78 Å². The lowest BCUT2D eigenvalue weighted by Gasteiger charge is -2.19. The van der Waals surface area contributed by atoms with Crippen LogP contribution in [0, 0.1) is 0 Å². The lowest BCUT2D eigenvalue weighted by molar-refractivity contribution is -0.0618. The summed E-state index contributed by atoms with van der Waals surface area (Å²) in [5.74, 6) is -2.00. The van der Waals surface area contributed by atoms with E-state index in [4.69, 9.17) is 4.55 Å². The Balaban J connectivity index is 2.80. The maximum Gasteiger partial charge on any atom is 0.418 e. The van der Waals surface area contributed by atoms with Gasteiger partial charge < -0.3 is 9.15 Å². The standard InChI is InChI=1S/C6H6F2N2O6S/c7-6(8,17(12,13)14)5(9)16-4(11)3-1-10-2-15-3/h1-2,5H,9H2,(H,12,13,14). The number of nitrogens with two attached hydrogens (primary N) is 1. The molecule has 0 amide bonds. The van der Waals surface area contributed by atoms with Crippen LogP contribution in [-0.2, 0) is 14.9 Å². The van der Waals surface area contributed by atoms with Crippen LogP contribution in [0.25, 0.3) is 0 Å². The zero-order chi connectivity index (χ0) is 13.3. The molecule has 0 aliphatic rings. The molecule has 1 atom stereocenters. The van der Waals surface area contributed by atoms with Crippen molar-refractivity contribution in [3.05, 3.63) is 18.4 Å². The van der Waals surface area contributed by atoms with Gasteiger partial charge in [0.15, 0.2) is 6.39 Å². The molecule has 1 heterocycles. The number of esters is 1. The second-order valence-corrected chi connectivity index (χ2v) is 4.22. The van der Waals surface area contributed by atoms with Crippen molar-refractivity contribution in [3.63, 3.8) is 0 Å². The van der Waals surface area contributed by atoms with Gasteiger partial charge in [0.05, 0.1) is 6.20 Å². The minimum atomic E-state index is -5.80. The van der Waals surface area contributed by atoms with Gasteiger partial charge >= 0.3 is 21.3 Å². The first kappa shape index (κ1) is 13.5. The molecule has 0 bridgehead atoms. The van der Waals surface area contributed by atoms with Crippen LogP contribution in [0.2, 0.25) is 0 Å². The average Bonchev–Trinajstić information content (AvgIpc) is 2.68. The van der Waals surface area contributed by atoms with Gasteiger partial charge in [0.2, 0.25) is 12.0 Å². The molecule has 1 aromatic rings. The molecule has 1 rings (SSSR count). The highest BCUT2D eigenvalue weighted by atomic mass is 32.2. The summed E-state index contributed by atoms with van der Waals surface area (Å²) in [5.41, 5.74) is 4.65. The van der Waals surface area contributed by atoms with Crippen molar-refractivity contribution in [1.29, 1.82) is 0 Å². The number of rotatable bonds is 4. The van der Waals surface area contributed by atoms with E-state index >= 15 is 0 Å². The Hall–Kier alpha value is -1.59. The Morgan fingerprint density at radius 1 is 1.65 bits per heavy atom. The first-order valence-electron chi connectivity index (χ1n) is 3.86. The monoisotopic (exact) mass is 272 g/mol. The average molecular weight is 272 g/mol. The fourth-order valence-corrected chi connectivity index (χ4v) is 1.05. The van der Waals surface area contributed by atoms with E-state index in [0.717, 1.165) is 12.6 Å². The molecule has 3 N–H and O–H groups in total. The summed E-state index contributed by atoms with van der Waals surface area (Å²) in [6.45, 7) is 0. The lowest BCUT2D eigenvalue weighted by Crippen LogP contribution is -2.49. The number of alkyl halides is 2.